The Morgan fingerprint density at radius 2 is 1.71 bits per heavy atom. The van der Waals surface area contributed by atoms with Gasteiger partial charge in [0.2, 0.25) is 0 Å². The Morgan fingerprint density at radius 1 is 0.964 bits per heavy atom. The fourth-order valence-electron chi connectivity index (χ4n) is 2.60. The van der Waals surface area contributed by atoms with E-state index in [1.54, 1.807) is 18.2 Å². The minimum Gasteiger partial charge on any atom is -0.322 e. The lowest BCUT2D eigenvalue weighted by Gasteiger charge is -2.10. The molecule has 6 heteroatoms. The van der Waals surface area contributed by atoms with Crippen molar-refractivity contribution in [2.75, 3.05) is 5.32 Å². The number of aromatic nitrogens is 1. The molecule has 3 nitrogen and oxygen atoms in total. The number of nitrogens with zero attached hydrogens (tertiary/aromatic N) is 1. The minimum atomic E-state index is -4.46. The summed E-state index contributed by atoms with van der Waals surface area (Å²) in [6.07, 6.45) is -0.811. The molecule has 0 bridgehead atoms. The lowest BCUT2D eigenvalue weighted by Crippen LogP contribution is -2.13. The first-order valence-corrected chi connectivity index (χ1v) is 8.52. The van der Waals surface area contributed by atoms with E-state index in [0.717, 1.165) is 29.1 Å². The zero-order valence-corrected chi connectivity index (χ0v) is 15.0. The number of rotatable bonds is 4. The summed E-state index contributed by atoms with van der Waals surface area (Å²) in [5.74, 6) is -0.483. The van der Waals surface area contributed by atoms with Crippen LogP contribution < -0.4 is 5.32 Å². The number of carbonyl (C=O) groups excluding carboxylic acids is 1. The van der Waals surface area contributed by atoms with E-state index in [1.165, 1.54) is 12.1 Å². The van der Waals surface area contributed by atoms with Gasteiger partial charge < -0.3 is 5.32 Å². The van der Waals surface area contributed by atoms with Crippen LogP contribution in [-0.4, -0.2) is 10.9 Å². The van der Waals surface area contributed by atoms with Crippen molar-refractivity contribution in [1.29, 1.82) is 0 Å². The first kappa shape index (κ1) is 19.4. The van der Waals surface area contributed by atoms with Gasteiger partial charge in [-0.2, -0.15) is 13.2 Å². The summed E-state index contributed by atoms with van der Waals surface area (Å²) in [7, 11) is 0. The maximum atomic E-state index is 12.8. The topological polar surface area (TPSA) is 42.0 Å². The molecule has 0 unspecified atom stereocenters. The van der Waals surface area contributed by atoms with Gasteiger partial charge in [-0.15, -0.1) is 0 Å². The molecule has 3 aromatic rings. The van der Waals surface area contributed by atoms with E-state index in [0.29, 0.717) is 5.56 Å². The van der Waals surface area contributed by atoms with Gasteiger partial charge in [-0.1, -0.05) is 30.3 Å². The average Bonchev–Trinajstić information content (AvgIpc) is 2.66. The molecule has 0 saturated carbocycles. The number of benzene rings is 2. The number of amides is 1. The highest BCUT2D eigenvalue weighted by molar-refractivity contribution is 6.04. The molecule has 1 heterocycles. The van der Waals surface area contributed by atoms with Crippen LogP contribution in [0, 0.1) is 6.92 Å². The fourth-order valence-corrected chi connectivity index (χ4v) is 2.60. The summed E-state index contributed by atoms with van der Waals surface area (Å²) in [6.45, 7) is 1.90. The molecule has 0 spiro atoms. The van der Waals surface area contributed by atoms with Crippen molar-refractivity contribution >= 4 is 23.7 Å². The second kappa shape index (κ2) is 8.08. The maximum Gasteiger partial charge on any atom is 0.416 e. The molecule has 3 rings (SSSR count). The van der Waals surface area contributed by atoms with Crippen LogP contribution in [0.1, 0.15) is 32.9 Å². The third kappa shape index (κ3) is 5.07. The normalized spacial score (nSPS) is 11.6. The predicted octanol–water partition coefficient (Wildman–Crippen LogP) is 5.83. The molecular formula is C22H17F3N2O. The Morgan fingerprint density at radius 3 is 2.46 bits per heavy atom. The molecule has 0 aliphatic rings. The van der Waals surface area contributed by atoms with E-state index in [2.05, 4.69) is 10.3 Å². The van der Waals surface area contributed by atoms with Crippen molar-refractivity contribution < 1.29 is 18.0 Å². The van der Waals surface area contributed by atoms with Crippen molar-refractivity contribution in [3.8, 4) is 0 Å². The summed E-state index contributed by atoms with van der Waals surface area (Å²) in [6, 6.07) is 17.0. The lowest BCUT2D eigenvalue weighted by molar-refractivity contribution is -0.137. The van der Waals surface area contributed by atoms with E-state index in [4.69, 9.17) is 0 Å². The van der Waals surface area contributed by atoms with Gasteiger partial charge in [-0.25, -0.2) is 0 Å². The summed E-state index contributed by atoms with van der Waals surface area (Å²) in [5, 5.41) is 2.50. The second-order valence-electron chi connectivity index (χ2n) is 6.20. The van der Waals surface area contributed by atoms with Gasteiger partial charge in [0, 0.05) is 16.9 Å². The van der Waals surface area contributed by atoms with Crippen LogP contribution in [0.2, 0.25) is 0 Å². The third-order valence-corrected chi connectivity index (χ3v) is 3.95. The molecule has 0 saturated heterocycles. The number of hydrogen-bond acceptors (Lipinski definition) is 2. The highest BCUT2D eigenvalue weighted by Gasteiger charge is 2.30. The molecule has 1 aromatic heterocycles. The van der Waals surface area contributed by atoms with Crippen LogP contribution >= 0.6 is 0 Å². The number of alkyl halides is 3. The average molecular weight is 382 g/mol. The zero-order valence-electron chi connectivity index (χ0n) is 15.0. The van der Waals surface area contributed by atoms with Crippen LogP contribution in [0.25, 0.3) is 12.2 Å². The van der Waals surface area contributed by atoms with Crippen molar-refractivity contribution in [1.82, 2.24) is 4.98 Å². The number of halogens is 3. The monoisotopic (exact) mass is 382 g/mol. The molecule has 1 N–H and O–H groups in total. The smallest absolute Gasteiger partial charge is 0.322 e. The Balaban J connectivity index is 1.76. The molecule has 0 aliphatic carbocycles. The molecule has 2 aromatic carbocycles. The van der Waals surface area contributed by atoms with Crippen molar-refractivity contribution in [2.24, 2.45) is 0 Å². The Bertz CT molecular complexity index is 1030. The van der Waals surface area contributed by atoms with Crippen LogP contribution in [0.4, 0.5) is 18.9 Å². The van der Waals surface area contributed by atoms with Gasteiger partial charge in [-0.3, -0.25) is 9.78 Å². The van der Waals surface area contributed by atoms with Gasteiger partial charge in [-0.05, 0) is 61.0 Å². The van der Waals surface area contributed by atoms with E-state index in [1.807, 2.05) is 43.3 Å². The predicted molar refractivity (Wildman–Crippen MR) is 104 cm³/mol. The van der Waals surface area contributed by atoms with Crippen LogP contribution in [0.5, 0.6) is 0 Å². The van der Waals surface area contributed by atoms with E-state index >= 15 is 0 Å². The summed E-state index contributed by atoms with van der Waals surface area (Å²) < 4.78 is 38.4. The van der Waals surface area contributed by atoms with E-state index in [9.17, 15) is 18.0 Å². The zero-order chi connectivity index (χ0) is 20.1. The van der Waals surface area contributed by atoms with Gasteiger partial charge in [0.25, 0.3) is 5.91 Å². The second-order valence-corrected chi connectivity index (χ2v) is 6.20. The van der Waals surface area contributed by atoms with Gasteiger partial charge in [0.1, 0.15) is 0 Å². The number of aryl methyl sites for hydroxylation is 1. The standard InChI is InChI=1S/C22H17F3N2O/c1-15-5-2-9-19(26-15)12-11-16-6-3-7-17(13-16)21(28)27-20-10-4-8-18(14-20)22(23,24)25/h2-14H,1H3,(H,27,28)/b12-11+. The van der Waals surface area contributed by atoms with Crippen molar-refractivity contribution in [2.45, 2.75) is 13.1 Å². The molecule has 0 fully saturated rings. The molecule has 0 radical (unpaired) electrons. The third-order valence-electron chi connectivity index (χ3n) is 3.95. The largest absolute Gasteiger partial charge is 0.416 e. The van der Waals surface area contributed by atoms with Gasteiger partial charge in [0.05, 0.1) is 11.3 Å². The molecule has 0 aliphatic heterocycles. The highest BCUT2D eigenvalue weighted by atomic mass is 19.4. The molecular weight excluding hydrogens is 365 g/mol. The van der Waals surface area contributed by atoms with E-state index in [-0.39, 0.29) is 5.69 Å². The Hall–Kier alpha value is -3.41. The first-order chi connectivity index (χ1) is 13.3. The lowest BCUT2D eigenvalue weighted by atomic mass is 10.1. The fraction of sp³-hybridized carbons (Fsp3) is 0.0909. The number of anilines is 1. The number of pyridine rings is 1. The molecule has 142 valence electrons. The molecule has 1 amide bonds. The van der Waals surface area contributed by atoms with E-state index < -0.39 is 17.6 Å². The van der Waals surface area contributed by atoms with Crippen LogP contribution in [0.15, 0.2) is 66.7 Å². The summed E-state index contributed by atoms with van der Waals surface area (Å²) in [4.78, 5) is 16.8. The molecule has 28 heavy (non-hydrogen) atoms. The van der Waals surface area contributed by atoms with Crippen LogP contribution in [0.3, 0.4) is 0 Å². The highest BCUT2D eigenvalue weighted by Crippen LogP contribution is 2.30. The quantitative estimate of drug-likeness (QED) is 0.617. The maximum absolute atomic E-state index is 12.8. The van der Waals surface area contributed by atoms with Crippen molar-refractivity contribution in [3.63, 3.8) is 0 Å². The van der Waals surface area contributed by atoms with Gasteiger partial charge >= 0.3 is 6.18 Å². The van der Waals surface area contributed by atoms with Crippen molar-refractivity contribution in [3.05, 3.63) is 94.8 Å². The number of nitrogens with one attached hydrogen (secondary N) is 1. The molecule has 0 atom stereocenters. The SMILES string of the molecule is Cc1cccc(/C=C/c2cccc(C(=O)Nc3cccc(C(F)(F)F)c3)c2)n1. The Labute approximate surface area is 160 Å². The van der Waals surface area contributed by atoms with Crippen LogP contribution in [-0.2, 0) is 6.18 Å². The van der Waals surface area contributed by atoms with Gasteiger partial charge in [0.15, 0.2) is 0 Å². The first-order valence-electron chi connectivity index (χ1n) is 8.52. The number of carbonyl (C=O) groups is 1. The minimum absolute atomic E-state index is 0.0877. The Kier molecular flexibility index (Phi) is 5.59. The summed E-state index contributed by atoms with van der Waals surface area (Å²) in [5.41, 5.74) is 2.09. The summed E-state index contributed by atoms with van der Waals surface area (Å²) >= 11 is 0. The number of hydrogen-bond donors (Lipinski definition) is 1.